The Hall–Kier alpha value is -1.11. The van der Waals surface area contributed by atoms with Crippen molar-refractivity contribution in [3.05, 3.63) is 17.7 Å². The van der Waals surface area contributed by atoms with Crippen LogP contribution in [0.15, 0.2) is 12.1 Å². The van der Waals surface area contributed by atoms with E-state index in [0.717, 1.165) is 30.1 Å². The minimum Gasteiger partial charge on any atom is -0.370 e. The summed E-state index contributed by atoms with van der Waals surface area (Å²) in [4.78, 5) is 4.17. The van der Waals surface area contributed by atoms with E-state index < -0.39 is 11.7 Å². The van der Waals surface area contributed by atoms with E-state index in [1.165, 1.54) is 0 Å². The normalized spacial score (nSPS) is 19.1. The van der Waals surface area contributed by atoms with Crippen LogP contribution in [0.4, 0.5) is 24.8 Å². The van der Waals surface area contributed by atoms with E-state index in [-0.39, 0.29) is 11.6 Å². The molecule has 1 fully saturated rings. The second kappa shape index (κ2) is 6.56. The van der Waals surface area contributed by atoms with E-state index in [2.05, 4.69) is 15.6 Å². The quantitative estimate of drug-likeness (QED) is 0.870. The first-order chi connectivity index (χ1) is 9.49. The number of rotatable bonds is 5. The number of hydrogen-bond donors (Lipinski definition) is 2. The molecule has 3 nitrogen and oxygen atoms in total. The van der Waals surface area contributed by atoms with Crippen LogP contribution in [0.25, 0.3) is 0 Å². The molecule has 0 aromatic carbocycles. The van der Waals surface area contributed by atoms with E-state index in [1.807, 2.05) is 18.7 Å². The molecular weight excluding hydrogens is 287 g/mol. The average Bonchev–Trinajstić information content (AvgIpc) is 2.88. The summed E-state index contributed by atoms with van der Waals surface area (Å²) in [6.07, 6.45) is -3.25. The highest BCUT2D eigenvalue weighted by Crippen LogP contribution is 2.32. The first-order valence-electron chi connectivity index (χ1n) is 6.64. The van der Waals surface area contributed by atoms with Gasteiger partial charge in [0.05, 0.1) is 5.56 Å². The van der Waals surface area contributed by atoms with Gasteiger partial charge in [0.1, 0.15) is 11.6 Å². The van der Waals surface area contributed by atoms with Gasteiger partial charge in [-0.3, -0.25) is 0 Å². The number of hydrogen-bond acceptors (Lipinski definition) is 4. The van der Waals surface area contributed by atoms with Gasteiger partial charge >= 0.3 is 6.18 Å². The molecule has 2 rings (SSSR count). The predicted molar refractivity (Wildman–Crippen MR) is 77.3 cm³/mol. The minimum absolute atomic E-state index is 0.255. The minimum atomic E-state index is -4.35. The highest BCUT2D eigenvalue weighted by Gasteiger charge is 2.31. The van der Waals surface area contributed by atoms with E-state index in [0.29, 0.717) is 19.0 Å². The summed E-state index contributed by atoms with van der Waals surface area (Å²) in [5.74, 6) is 3.24. The molecule has 2 N–H and O–H groups in total. The molecule has 0 bridgehead atoms. The Morgan fingerprint density at radius 3 is 2.55 bits per heavy atom. The van der Waals surface area contributed by atoms with Gasteiger partial charge in [-0.05, 0) is 42.9 Å². The number of aromatic nitrogens is 1. The molecule has 1 atom stereocenters. The monoisotopic (exact) mass is 305 g/mol. The standard InChI is InChI=1S/C13H18F3N3S/c1-2-17-11-5-10(13(14,15)16)6-12(19-11)18-7-9-3-4-20-8-9/h5-6,9H,2-4,7-8H2,1H3,(H2,17,18,19). The van der Waals surface area contributed by atoms with Crippen molar-refractivity contribution in [2.45, 2.75) is 19.5 Å². The van der Waals surface area contributed by atoms with E-state index in [1.54, 1.807) is 0 Å². The van der Waals surface area contributed by atoms with Crippen LogP contribution in [0.2, 0.25) is 0 Å². The Morgan fingerprint density at radius 2 is 2.00 bits per heavy atom. The molecule has 2 heterocycles. The Kier molecular flexibility index (Phi) is 5.01. The van der Waals surface area contributed by atoms with Crippen molar-refractivity contribution in [3.63, 3.8) is 0 Å². The third-order valence-corrected chi connectivity index (χ3v) is 4.34. The zero-order valence-corrected chi connectivity index (χ0v) is 12.1. The molecule has 1 aliphatic rings. The van der Waals surface area contributed by atoms with Crippen LogP contribution in [-0.4, -0.2) is 29.6 Å². The number of anilines is 2. The summed E-state index contributed by atoms with van der Waals surface area (Å²) < 4.78 is 38.5. The van der Waals surface area contributed by atoms with Crippen LogP contribution >= 0.6 is 11.8 Å². The summed E-state index contributed by atoms with van der Waals surface area (Å²) in [6.45, 7) is 3.03. The zero-order chi connectivity index (χ0) is 14.6. The molecule has 7 heteroatoms. The lowest BCUT2D eigenvalue weighted by atomic mass is 10.1. The average molecular weight is 305 g/mol. The molecule has 20 heavy (non-hydrogen) atoms. The molecule has 0 saturated carbocycles. The van der Waals surface area contributed by atoms with Crippen LogP contribution < -0.4 is 10.6 Å². The Morgan fingerprint density at radius 1 is 1.30 bits per heavy atom. The van der Waals surface area contributed by atoms with Crippen molar-refractivity contribution in [2.24, 2.45) is 5.92 Å². The van der Waals surface area contributed by atoms with Gasteiger partial charge in [-0.1, -0.05) is 0 Å². The fraction of sp³-hybridized carbons (Fsp3) is 0.615. The van der Waals surface area contributed by atoms with Gasteiger partial charge in [0.25, 0.3) is 0 Å². The fourth-order valence-corrected chi connectivity index (χ4v) is 3.33. The van der Waals surface area contributed by atoms with E-state index in [9.17, 15) is 13.2 Å². The van der Waals surface area contributed by atoms with Crippen molar-refractivity contribution < 1.29 is 13.2 Å². The van der Waals surface area contributed by atoms with Gasteiger partial charge in [0.15, 0.2) is 0 Å². The number of nitrogens with one attached hydrogen (secondary N) is 2. The van der Waals surface area contributed by atoms with Crippen molar-refractivity contribution >= 4 is 23.4 Å². The van der Waals surface area contributed by atoms with Gasteiger partial charge < -0.3 is 10.6 Å². The van der Waals surface area contributed by atoms with E-state index >= 15 is 0 Å². The van der Waals surface area contributed by atoms with Crippen molar-refractivity contribution in [1.29, 1.82) is 0 Å². The maximum absolute atomic E-state index is 12.8. The first kappa shape index (κ1) is 15.3. The molecule has 1 aliphatic heterocycles. The number of pyridine rings is 1. The molecule has 1 unspecified atom stereocenters. The molecule has 112 valence electrons. The summed E-state index contributed by atoms with van der Waals surface area (Å²) >= 11 is 1.88. The molecule has 0 radical (unpaired) electrons. The second-order valence-corrected chi connectivity index (χ2v) is 5.91. The van der Waals surface area contributed by atoms with Crippen molar-refractivity contribution in [2.75, 3.05) is 35.2 Å². The lowest BCUT2D eigenvalue weighted by molar-refractivity contribution is -0.137. The number of nitrogens with zero attached hydrogens (tertiary/aromatic N) is 1. The van der Waals surface area contributed by atoms with Crippen molar-refractivity contribution in [1.82, 2.24) is 4.98 Å². The number of halogens is 3. The van der Waals surface area contributed by atoms with Gasteiger partial charge in [-0.25, -0.2) is 4.98 Å². The van der Waals surface area contributed by atoms with Gasteiger partial charge in [-0.2, -0.15) is 24.9 Å². The molecule has 1 saturated heterocycles. The Bertz CT molecular complexity index is 445. The molecular formula is C13H18F3N3S. The summed E-state index contributed by atoms with van der Waals surface area (Å²) in [5, 5.41) is 5.87. The zero-order valence-electron chi connectivity index (χ0n) is 11.3. The molecule has 1 aromatic heterocycles. The molecule has 1 aromatic rings. The van der Waals surface area contributed by atoms with Gasteiger partial charge in [0, 0.05) is 13.1 Å². The maximum Gasteiger partial charge on any atom is 0.416 e. The highest BCUT2D eigenvalue weighted by atomic mass is 32.2. The topological polar surface area (TPSA) is 37.0 Å². The Balaban J connectivity index is 2.11. The third kappa shape index (κ3) is 4.19. The Labute approximate surface area is 120 Å². The smallest absolute Gasteiger partial charge is 0.370 e. The number of thioether (sulfide) groups is 1. The van der Waals surface area contributed by atoms with Crippen LogP contribution in [0.3, 0.4) is 0 Å². The van der Waals surface area contributed by atoms with Crippen LogP contribution in [0.1, 0.15) is 18.9 Å². The second-order valence-electron chi connectivity index (χ2n) is 4.76. The lowest BCUT2D eigenvalue weighted by Gasteiger charge is -2.15. The summed E-state index contributed by atoms with van der Waals surface area (Å²) in [7, 11) is 0. The van der Waals surface area contributed by atoms with Crippen LogP contribution in [0.5, 0.6) is 0 Å². The maximum atomic E-state index is 12.8. The van der Waals surface area contributed by atoms with Gasteiger partial charge in [-0.15, -0.1) is 0 Å². The summed E-state index contributed by atoms with van der Waals surface area (Å²) in [5.41, 5.74) is -0.674. The highest BCUT2D eigenvalue weighted by molar-refractivity contribution is 7.99. The molecule has 0 spiro atoms. The van der Waals surface area contributed by atoms with E-state index in [4.69, 9.17) is 0 Å². The summed E-state index contributed by atoms with van der Waals surface area (Å²) in [6, 6.07) is 2.11. The first-order valence-corrected chi connectivity index (χ1v) is 7.79. The predicted octanol–water partition coefficient (Wildman–Crippen LogP) is 3.70. The van der Waals surface area contributed by atoms with Crippen LogP contribution in [-0.2, 0) is 6.18 Å². The van der Waals surface area contributed by atoms with Crippen molar-refractivity contribution in [3.8, 4) is 0 Å². The van der Waals surface area contributed by atoms with Crippen LogP contribution in [0, 0.1) is 5.92 Å². The van der Waals surface area contributed by atoms with Gasteiger partial charge in [0.2, 0.25) is 0 Å². The molecule has 0 aliphatic carbocycles. The number of alkyl halides is 3. The largest absolute Gasteiger partial charge is 0.416 e. The lowest BCUT2D eigenvalue weighted by Crippen LogP contribution is -2.16. The molecule has 0 amide bonds. The fourth-order valence-electron chi connectivity index (χ4n) is 2.05. The third-order valence-electron chi connectivity index (χ3n) is 3.11. The SMILES string of the molecule is CCNc1cc(C(F)(F)F)cc(NCC2CCSC2)n1.